The van der Waals surface area contributed by atoms with Crippen molar-refractivity contribution >= 4 is 11.8 Å². The second-order valence-electron chi connectivity index (χ2n) is 3.42. The average molecular weight is 211 g/mol. The van der Waals surface area contributed by atoms with Crippen LogP contribution in [0.15, 0.2) is 18.7 Å². The minimum atomic E-state index is -0.459. The van der Waals surface area contributed by atoms with Crippen LogP contribution in [0.3, 0.4) is 0 Å². The van der Waals surface area contributed by atoms with Gasteiger partial charge in [0.2, 0.25) is 6.33 Å². The van der Waals surface area contributed by atoms with Crippen LogP contribution in [0, 0.1) is 0 Å². The third kappa shape index (κ3) is 4.39. The van der Waals surface area contributed by atoms with Crippen molar-refractivity contribution in [2.75, 3.05) is 6.61 Å². The summed E-state index contributed by atoms with van der Waals surface area (Å²) < 4.78 is 8.68. The molecule has 1 aromatic rings. The molecule has 0 aromatic carbocycles. The Morgan fingerprint density at radius 3 is 2.73 bits per heavy atom. The van der Waals surface area contributed by atoms with Crippen LogP contribution < -0.4 is 4.57 Å². The molecule has 0 aliphatic carbocycles. The summed E-state index contributed by atoms with van der Waals surface area (Å²) in [5.74, 6) is -0.633. The van der Waals surface area contributed by atoms with Crippen molar-refractivity contribution in [2.24, 2.45) is 7.05 Å². The number of nitrogens with zero attached hydrogens (tertiary/aromatic N) is 2. The molecule has 5 heteroatoms. The number of hydrogen-bond acceptors (Lipinski definition) is 3. The van der Waals surface area contributed by atoms with Crippen LogP contribution in [-0.4, -0.2) is 22.9 Å². The molecule has 0 unspecified atom stereocenters. The fraction of sp³-hybridized carbons (Fsp3) is 0.500. The monoisotopic (exact) mass is 211 g/mol. The minimum Gasteiger partial charge on any atom is -0.461 e. The van der Waals surface area contributed by atoms with E-state index in [9.17, 15) is 9.59 Å². The van der Waals surface area contributed by atoms with Crippen molar-refractivity contribution in [3.63, 3.8) is 0 Å². The maximum absolute atomic E-state index is 11.0. The van der Waals surface area contributed by atoms with Gasteiger partial charge in [-0.15, -0.1) is 0 Å². The first-order chi connectivity index (χ1) is 7.08. The van der Waals surface area contributed by atoms with E-state index in [1.54, 1.807) is 0 Å². The Morgan fingerprint density at radius 2 is 2.20 bits per heavy atom. The van der Waals surface area contributed by atoms with Crippen LogP contribution in [0.4, 0.5) is 0 Å². The summed E-state index contributed by atoms with van der Waals surface area (Å²) in [5.41, 5.74) is 0. The highest BCUT2D eigenvalue weighted by Gasteiger charge is 2.07. The Morgan fingerprint density at radius 1 is 1.47 bits per heavy atom. The Hall–Kier alpha value is -1.65. The van der Waals surface area contributed by atoms with Crippen LogP contribution >= 0.6 is 0 Å². The van der Waals surface area contributed by atoms with Crippen LogP contribution in [0.25, 0.3) is 0 Å². The second kappa shape index (κ2) is 5.29. The largest absolute Gasteiger partial charge is 0.461 e. The first-order valence-electron chi connectivity index (χ1n) is 4.74. The number of hydrogen-bond donors (Lipinski definition) is 0. The SMILES string of the molecule is CC(=O)CC(=O)OCCn1cc[n+](C)c1. The van der Waals surface area contributed by atoms with Crippen molar-refractivity contribution in [3.05, 3.63) is 18.7 Å². The first kappa shape index (κ1) is 11.4. The molecule has 0 aliphatic rings. The highest BCUT2D eigenvalue weighted by Crippen LogP contribution is 1.90. The summed E-state index contributed by atoms with van der Waals surface area (Å²) in [6.07, 6.45) is 5.54. The molecule has 0 fully saturated rings. The highest BCUT2D eigenvalue weighted by molar-refractivity contribution is 5.94. The van der Waals surface area contributed by atoms with Gasteiger partial charge in [0.25, 0.3) is 0 Å². The smallest absolute Gasteiger partial charge is 0.313 e. The van der Waals surface area contributed by atoms with E-state index in [0.717, 1.165) is 0 Å². The molecule has 0 radical (unpaired) electrons. The van der Waals surface area contributed by atoms with E-state index >= 15 is 0 Å². The summed E-state index contributed by atoms with van der Waals surface area (Å²) in [7, 11) is 1.91. The zero-order valence-corrected chi connectivity index (χ0v) is 8.97. The fourth-order valence-electron chi connectivity index (χ4n) is 1.15. The van der Waals surface area contributed by atoms with Crippen LogP contribution in [0.2, 0.25) is 0 Å². The summed E-state index contributed by atoms with van der Waals surface area (Å²) in [4.78, 5) is 21.6. The predicted molar refractivity (Wildman–Crippen MR) is 51.9 cm³/mol. The van der Waals surface area contributed by atoms with E-state index in [-0.39, 0.29) is 12.2 Å². The lowest BCUT2D eigenvalue weighted by molar-refractivity contribution is -0.671. The number of aromatic nitrogens is 2. The molecule has 1 heterocycles. The number of esters is 1. The van der Waals surface area contributed by atoms with E-state index in [4.69, 9.17) is 4.74 Å². The lowest BCUT2D eigenvalue weighted by Crippen LogP contribution is -2.24. The zero-order valence-electron chi connectivity index (χ0n) is 8.97. The summed E-state index contributed by atoms with van der Waals surface area (Å²) >= 11 is 0. The number of ketones is 1. The number of aryl methyl sites for hydroxylation is 1. The number of rotatable bonds is 5. The Bertz CT molecular complexity index is 357. The third-order valence-electron chi connectivity index (χ3n) is 1.83. The van der Waals surface area contributed by atoms with Crippen molar-refractivity contribution in [1.82, 2.24) is 4.57 Å². The molecule has 0 atom stereocenters. The molecule has 0 aliphatic heterocycles. The van der Waals surface area contributed by atoms with Gasteiger partial charge < -0.3 is 4.74 Å². The molecule has 15 heavy (non-hydrogen) atoms. The van der Waals surface area contributed by atoms with E-state index in [1.807, 2.05) is 34.9 Å². The van der Waals surface area contributed by atoms with Gasteiger partial charge in [-0.3, -0.25) is 9.59 Å². The lowest BCUT2D eigenvalue weighted by Gasteiger charge is -2.00. The normalized spacial score (nSPS) is 10.0. The van der Waals surface area contributed by atoms with Gasteiger partial charge in [-0.1, -0.05) is 0 Å². The van der Waals surface area contributed by atoms with Gasteiger partial charge >= 0.3 is 5.97 Å². The average Bonchev–Trinajstić information content (AvgIpc) is 2.50. The second-order valence-corrected chi connectivity index (χ2v) is 3.42. The van der Waals surface area contributed by atoms with Crippen molar-refractivity contribution in [1.29, 1.82) is 0 Å². The quantitative estimate of drug-likeness (QED) is 0.386. The van der Waals surface area contributed by atoms with Crippen LogP contribution in [0.5, 0.6) is 0 Å². The topological polar surface area (TPSA) is 52.2 Å². The van der Waals surface area contributed by atoms with Crippen molar-refractivity contribution in [2.45, 2.75) is 19.9 Å². The molecular weight excluding hydrogens is 196 g/mol. The van der Waals surface area contributed by atoms with Gasteiger partial charge in [0.15, 0.2) is 0 Å². The Kier molecular flexibility index (Phi) is 4.03. The highest BCUT2D eigenvalue weighted by atomic mass is 16.5. The molecular formula is C10H15N2O3+. The molecule has 0 N–H and O–H groups in total. The van der Waals surface area contributed by atoms with E-state index in [2.05, 4.69) is 0 Å². The zero-order chi connectivity index (χ0) is 11.3. The molecule has 0 spiro atoms. The standard InChI is InChI=1S/C10H15N2O3/c1-9(13)7-10(14)15-6-5-12-4-3-11(2)8-12/h3-4,8H,5-7H2,1-2H3/q+1. The van der Waals surface area contributed by atoms with Gasteiger partial charge in [-0.2, -0.15) is 0 Å². The third-order valence-corrected chi connectivity index (χ3v) is 1.83. The Labute approximate surface area is 88.3 Å². The van der Waals surface area contributed by atoms with Gasteiger partial charge in [-0.05, 0) is 6.92 Å². The molecule has 82 valence electrons. The van der Waals surface area contributed by atoms with E-state index < -0.39 is 5.97 Å². The number of carbonyl (C=O) groups is 2. The summed E-state index contributed by atoms with van der Waals surface area (Å²) in [6.45, 7) is 2.26. The maximum atomic E-state index is 11.0. The molecule has 0 amide bonds. The molecule has 0 bridgehead atoms. The van der Waals surface area contributed by atoms with Gasteiger partial charge in [0, 0.05) is 0 Å². The maximum Gasteiger partial charge on any atom is 0.313 e. The fourth-order valence-corrected chi connectivity index (χ4v) is 1.15. The van der Waals surface area contributed by atoms with Crippen molar-refractivity contribution < 1.29 is 18.9 Å². The van der Waals surface area contributed by atoms with Gasteiger partial charge in [0.1, 0.15) is 37.7 Å². The first-order valence-corrected chi connectivity index (χ1v) is 4.74. The lowest BCUT2D eigenvalue weighted by atomic mass is 10.3. The molecule has 0 saturated carbocycles. The van der Waals surface area contributed by atoms with Gasteiger partial charge in [0.05, 0.1) is 7.05 Å². The number of ether oxygens (including phenoxy) is 1. The molecule has 5 nitrogen and oxygen atoms in total. The number of Topliss-reactive ketones (excluding diaryl/α,β-unsaturated/α-hetero) is 1. The molecule has 0 saturated heterocycles. The summed E-state index contributed by atoms with van der Waals surface area (Å²) in [5, 5.41) is 0. The van der Waals surface area contributed by atoms with Crippen LogP contribution in [-0.2, 0) is 27.9 Å². The van der Waals surface area contributed by atoms with E-state index in [1.165, 1.54) is 6.92 Å². The summed E-state index contributed by atoms with van der Waals surface area (Å²) in [6, 6.07) is 0. The number of carbonyl (C=O) groups excluding carboxylic acids is 2. The predicted octanol–water partition coefficient (Wildman–Crippen LogP) is -0.165. The van der Waals surface area contributed by atoms with Gasteiger partial charge in [-0.25, -0.2) is 9.13 Å². The minimum absolute atomic E-state index is 0.139. The Balaban J connectivity index is 2.22. The van der Waals surface area contributed by atoms with Crippen molar-refractivity contribution in [3.8, 4) is 0 Å². The number of imidazole rings is 1. The van der Waals surface area contributed by atoms with Crippen LogP contribution in [0.1, 0.15) is 13.3 Å². The molecule has 1 rings (SSSR count). The molecule has 1 aromatic heterocycles. The van der Waals surface area contributed by atoms with E-state index in [0.29, 0.717) is 13.2 Å².